The first kappa shape index (κ1) is 23.4. The summed E-state index contributed by atoms with van der Waals surface area (Å²) >= 11 is 6.04. The molecule has 2 nitrogen and oxygen atoms in total. The average Bonchev–Trinajstić information content (AvgIpc) is 2.89. The third-order valence-electron chi connectivity index (χ3n) is 4.34. The van der Waals surface area contributed by atoms with Gasteiger partial charge in [0.1, 0.15) is 0 Å². The number of allylic oxidation sites excluding steroid dienone is 4. The molecule has 0 saturated heterocycles. The molecule has 0 spiro atoms. The number of carbonyl (C=O) groups is 1. The van der Waals surface area contributed by atoms with Gasteiger partial charge in [0.15, 0.2) is 0 Å². The molecule has 0 radical (unpaired) electrons. The summed E-state index contributed by atoms with van der Waals surface area (Å²) in [5, 5.41) is 0. The van der Waals surface area contributed by atoms with Gasteiger partial charge in [-0.2, -0.15) is 0 Å². The second kappa shape index (κ2) is 10.6. The molecule has 0 saturated carbocycles. The maximum atomic E-state index is 13.0. The Morgan fingerprint density at radius 3 is 2.59 bits per heavy atom. The van der Waals surface area contributed by atoms with E-state index in [0.717, 1.165) is 30.1 Å². The van der Waals surface area contributed by atoms with Gasteiger partial charge in [0, 0.05) is 24.4 Å². The zero-order chi connectivity index (χ0) is 20.6. The standard InChI is InChI=1S/C22H30ClF2NO/c1-6-7-11-20-19(14-23)15-26(21(20)27)17(4)18(13-16(2)3)10-8-9-12-22(5,24)25/h7-8,10-11,13,17H,2,6,9,12,14-15H2,1,3-5H3/b10-8-,11-7-,18-13+. The van der Waals surface area contributed by atoms with E-state index in [4.69, 9.17) is 11.6 Å². The van der Waals surface area contributed by atoms with Crippen LogP contribution in [-0.4, -0.2) is 35.2 Å². The van der Waals surface area contributed by atoms with E-state index < -0.39 is 5.92 Å². The SMILES string of the molecule is C=C(C)/C=C(\C=C/CCC(C)(F)F)C(C)N1CC(CCl)=C(/C=C\CC)C1=O. The lowest BCUT2D eigenvalue weighted by Crippen LogP contribution is -2.36. The van der Waals surface area contributed by atoms with E-state index in [1.54, 1.807) is 11.0 Å². The van der Waals surface area contributed by atoms with Crippen LogP contribution in [0.2, 0.25) is 0 Å². The topological polar surface area (TPSA) is 20.3 Å². The number of nitrogens with zero attached hydrogens (tertiary/aromatic N) is 1. The van der Waals surface area contributed by atoms with Crippen LogP contribution in [0.15, 0.2) is 59.3 Å². The highest BCUT2D eigenvalue weighted by Crippen LogP contribution is 2.27. The molecule has 1 unspecified atom stereocenters. The molecule has 150 valence electrons. The Hall–Kier alpha value is -1.68. The van der Waals surface area contributed by atoms with Gasteiger partial charge in [-0.3, -0.25) is 4.79 Å². The number of alkyl halides is 3. The molecule has 0 aliphatic carbocycles. The summed E-state index contributed by atoms with van der Waals surface area (Å²) in [7, 11) is 0. The molecule has 1 aliphatic heterocycles. The van der Waals surface area contributed by atoms with Gasteiger partial charge in [0.25, 0.3) is 5.91 Å². The Kier molecular flexibility index (Phi) is 9.17. The third-order valence-corrected chi connectivity index (χ3v) is 4.66. The Labute approximate surface area is 167 Å². The van der Waals surface area contributed by atoms with Crippen LogP contribution in [0.3, 0.4) is 0 Å². The van der Waals surface area contributed by atoms with Crippen molar-refractivity contribution in [1.82, 2.24) is 4.90 Å². The summed E-state index contributed by atoms with van der Waals surface area (Å²) < 4.78 is 26.0. The van der Waals surface area contributed by atoms with E-state index in [9.17, 15) is 13.6 Å². The predicted octanol–water partition coefficient (Wildman–Crippen LogP) is 6.21. The molecule has 1 atom stereocenters. The van der Waals surface area contributed by atoms with Crippen LogP contribution in [0, 0.1) is 0 Å². The molecule has 1 heterocycles. The van der Waals surface area contributed by atoms with Gasteiger partial charge in [-0.15, -0.1) is 11.6 Å². The average molecular weight is 398 g/mol. The van der Waals surface area contributed by atoms with Gasteiger partial charge in [-0.25, -0.2) is 8.78 Å². The number of carbonyl (C=O) groups excluding carboxylic acids is 1. The summed E-state index contributed by atoms with van der Waals surface area (Å²) in [5.41, 5.74) is 3.26. The van der Waals surface area contributed by atoms with Crippen molar-refractivity contribution >= 4 is 17.5 Å². The number of rotatable bonds is 10. The third kappa shape index (κ3) is 7.45. The summed E-state index contributed by atoms with van der Waals surface area (Å²) in [6.45, 7) is 11.1. The first-order valence-corrected chi connectivity index (χ1v) is 9.81. The second-order valence-corrected chi connectivity index (χ2v) is 7.34. The van der Waals surface area contributed by atoms with Crippen LogP contribution in [0.5, 0.6) is 0 Å². The highest BCUT2D eigenvalue weighted by molar-refractivity contribution is 6.20. The number of hydrogen-bond acceptors (Lipinski definition) is 1. The zero-order valence-electron chi connectivity index (χ0n) is 16.7. The van der Waals surface area contributed by atoms with E-state index in [1.807, 2.05) is 45.1 Å². The van der Waals surface area contributed by atoms with Crippen molar-refractivity contribution in [2.24, 2.45) is 0 Å². The van der Waals surface area contributed by atoms with Gasteiger partial charge >= 0.3 is 0 Å². The summed E-state index contributed by atoms with van der Waals surface area (Å²) in [6, 6.07) is -0.210. The minimum Gasteiger partial charge on any atom is -0.328 e. The van der Waals surface area contributed by atoms with E-state index in [0.29, 0.717) is 18.0 Å². The maximum Gasteiger partial charge on any atom is 0.254 e. The van der Waals surface area contributed by atoms with Gasteiger partial charge in [0.05, 0.1) is 6.04 Å². The molecule has 0 N–H and O–H groups in total. The van der Waals surface area contributed by atoms with Crippen molar-refractivity contribution in [2.75, 3.05) is 12.4 Å². The molecule has 1 amide bonds. The minimum absolute atomic E-state index is 0.0519. The predicted molar refractivity (Wildman–Crippen MR) is 110 cm³/mol. The smallest absolute Gasteiger partial charge is 0.254 e. The first-order chi connectivity index (χ1) is 12.6. The number of hydrogen-bond donors (Lipinski definition) is 0. The van der Waals surface area contributed by atoms with Crippen molar-refractivity contribution in [3.63, 3.8) is 0 Å². The van der Waals surface area contributed by atoms with E-state index in [2.05, 4.69) is 6.58 Å². The molecular formula is C22H30ClF2NO. The highest BCUT2D eigenvalue weighted by Gasteiger charge is 2.32. The Balaban J connectivity index is 2.99. The van der Waals surface area contributed by atoms with Crippen LogP contribution in [-0.2, 0) is 4.79 Å². The quantitative estimate of drug-likeness (QED) is 0.317. The van der Waals surface area contributed by atoms with E-state index in [1.165, 1.54) is 0 Å². The van der Waals surface area contributed by atoms with Crippen molar-refractivity contribution in [3.8, 4) is 0 Å². The molecule has 5 heteroatoms. The maximum absolute atomic E-state index is 13.0. The van der Waals surface area contributed by atoms with Gasteiger partial charge in [-0.1, -0.05) is 49.5 Å². The fourth-order valence-corrected chi connectivity index (χ4v) is 3.08. The van der Waals surface area contributed by atoms with Crippen LogP contribution in [0.1, 0.15) is 47.0 Å². The molecule has 27 heavy (non-hydrogen) atoms. The molecule has 0 bridgehead atoms. The molecule has 0 fully saturated rings. The monoisotopic (exact) mass is 397 g/mol. The molecule has 0 aromatic carbocycles. The fourth-order valence-electron chi connectivity index (χ4n) is 2.85. The minimum atomic E-state index is -2.68. The first-order valence-electron chi connectivity index (χ1n) is 9.27. The van der Waals surface area contributed by atoms with E-state index >= 15 is 0 Å². The van der Waals surface area contributed by atoms with Gasteiger partial charge in [0.2, 0.25) is 5.92 Å². The lowest BCUT2D eigenvalue weighted by atomic mass is 10.0. The Bertz CT molecular complexity index is 668. The van der Waals surface area contributed by atoms with Crippen molar-refractivity contribution in [1.29, 1.82) is 0 Å². The van der Waals surface area contributed by atoms with Crippen molar-refractivity contribution in [3.05, 3.63) is 59.3 Å². The Morgan fingerprint density at radius 1 is 1.41 bits per heavy atom. The highest BCUT2D eigenvalue weighted by atomic mass is 35.5. The van der Waals surface area contributed by atoms with Gasteiger partial charge in [-0.05, 0) is 44.8 Å². The lowest BCUT2D eigenvalue weighted by molar-refractivity contribution is -0.126. The van der Waals surface area contributed by atoms with Crippen LogP contribution >= 0.6 is 11.6 Å². The fraction of sp³-hybridized carbons (Fsp3) is 0.500. The van der Waals surface area contributed by atoms with Gasteiger partial charge < -0.3 is 4.90 Å². The van der Waals surface area contributed by atoms with Crippen molar-refractivity contribution < 1.29 is 13.6 Å². The number of amides is 1. The van der Waals surface area contributed by atoms with Crippen LogP contribution in [0.4, 0.5) is 8.78 Å². The molecule has 0 aromatic heterocycles. The number of halogens is 3. The zero-order valence-corrected chi connectivity index (χ0v) is 17.5. The lowest BCUT2D eigenvalue weighted by Gasteiger charge is -2.26. The molecule has 1 aliphatic rings. The summed E-state index contributed by atoms with van der Waals surface area (Å²) in [6.07, 6.45) is 10.1. The molecule has 1 rings (SSSR count). The summed E-state index contributed by atoms with van der Waals surface area (Å²) in [4.78, 5) is 14.6. The second-order valence-electron chi connectivity index (χ2n) is 7.07. The van der Waals surface area contributed by atoms with Crippen LogP contribution < -0.4 is 0 Å². The Morgan fingerprint density at radius 2 is 2.07 bits per heavy atom. The largest absolute Gasteiger partial charge is 0.328 e. The molecule has 0 aromatic rings. The molecular weight excluding hydrogens is 368 g/mol. The van der Waals surface area contributed by atoms with Crippen molar-refractivity contribution in [2.45, 2.75) is 58.9 Å². The van der Waals surface area contributed by atoms with E-state index in [-0.39, 0.29) is 24.8 Å². The summed E-state index contributed by atoms with van der Waals surface area (Å²) in [5.74, 6) is -2.43. The normalized spacial score (nSPS) is 17.7. The van der Waals surface area contributed by atoms with Crippen LogP contribution in [0.25, 0.3) is 0 Å².